The smallest absolute Gasteiger partial charge is 0.295 e. The number of hydrogen-bond acceptors (Lipinski definition) is 5. The lowest BCUT2D eigenvalue weighted by atomic mass is 9.95. The summed E-state index contributed by atoms with van der Waals surface area (Å²) in [6.45, 7) is 7.34. The Morgan fingerprint density at radius 2 is 1.61 bits per heavy atom. The van der Waals surface area contributed by atoms with Crippen LogP contribution in [-0.4, -0.2) is 66.9 Å². The van der Waals surface area contributed by atoms with Gasteiger partial charge in [0.05, 0.1) is 11.6 Å². The molecule has 6 nitrogen and oxygen atoms in total. The van der Waals surface area contributed by atoms with E-state index < -0.39 is 17.7 Å². The number of aliphatic hydroxyl groups is 1. The number of benzene rings is 2. The first-order chi connectivity index (χ1) is 15.8. The van der Waals surface area contributed by atoms with Crippen molar-refractivity contribution >= 4 is 34.7 Å². The van der Waals surface area contributed by atoms with Crippen LogP contribution in [0.1, 0.15) is 37.4 Å². The second kappa shape index (κ2) is 10.9. The van der Waals surface area contributed by atoms with E-state index in [1.807, 2.05) is 43.3 Å². The lowest BCUT2D eigenvalue weighted by molar-refractivity contribution is -0.140. The third-order valence-corrected chi connectivity index (χ3v) is 6.40. The molecule has 0 aliphatic carbocycles. The van der Waals surface area contributed by atoms with E-state index in [4.69, 9.17) is 11.6 Å². The molecule has 0 saturated carbocycles. The van der Waals surface area contributed by atoms with Crippen LogP contribution >= 0.6 is 11.6 Å². The lowest BCUT2D eigenvalue weighted by Gasteiger charge is -2.27. The minimum atomic E-state index is -0.660. The van der Waals surface area contributed by atoms with E-state index in [-0.39, 0.29) is 11.3 Å². The maximum absolute atomic E-state index is 13.1. The first-order valence-electron chi connectivity index (χ1n) is 11.3. The van der Waals surface area contributed by atoms with Gasteiger partial charge in [0.2, 0.25) is 0 Å². The van der Waals surface area contributed by atoms with Gasteiger partial charge in [-0.05, 0) is 68.0 Å². The second-order valence-corrected chi connectivity index (χ2v) is 8.80. The Morgan fingerprint density at radius 3 is 2.15 bits per heavy atom. The first kappa shape index (κ1) is 24.8. The molecule has 0 bridgehead atoms. The Hall–Kier alpha value is -2.83. The van der Waals surface area contributed by atoms with Crippen LogP contribution in [0, 0.1) is 0 Å². The molecule has 1 atom stereocenters. The summed E-state index contributed by atoms with van der Waals surface area (Å²) in [6.07, 6.45) is 0.738. The van der Waals surface area contributed by atoms with Crippen LogP contribution in [-0.2, 0) is 9.59 Å². The number of rotatable bonds is 9. The van der Waals surface area contributed by atoms with Gasteiger partial charge in [0.15, 0.2) is 0 Å². The number of aliphatic hydroxyl groups excluding tert-OH is 1. The fourth-order valence-electron chi connectivity index (χ4n) is 4.18. The molecule has 3 rings (SSSR count). The molecule has 1 unspecified atom stereocenters. The summed E-state index contributed by atoms with van der Waals surface area (Å²) in [5, 5.41) is 11.6. The summed E-state index contributed by atoms with van der Waals surface area (Å²) in [4.78, 5) is 32.0. The summed E-state index contributed by atoms with van der Waals surface area (Å²) in [7, 11) is 3.91. The van der Waals surface area contributed by atoms with Gasteiger partial charge in [-0.2, -0.15) is 0 Å². The largest absolute Gasteiger partial charge is 0.507 e. The van der Waals surface area contributed by atoms with Crippen molar-refractivity contribution in [2.45, 2.75) is 26.3 Å². The van der Waals surface area contributed by atoms with E-state index in [1.54, 1.807) is 29.2 Å². The highest BCUT2D eigenvalue weighted by molar-refractivity contribution is 6.46. The normalized spacial score (nSPS) is 17.8. The number of halogens is 1. The van der Waals surface area contributed by atoms with Crippen molar-refractivity contribution in [2.75, 3.05) is 45.2 Å². The van der Waals surface area contributed by atoms with Crippen molar-refractivity contribution in [1.29, 1.82) is 0 Å². The summed E-state index contributed by atoms with van der Waals surface area (Å²) in [5.74, 6) is -1.42. The molecule has 0 radical (unpaired) electrons. The summed E-state index contributed by atoms with van der Waals surface area (Å²) in [5.41, 5.74) is 2.37. The van der Waals surface area contributed by atoms with Crippen molar-refractivity contribution < 1.29 is 14.7 Å². The lowest BCUT2D eigenvalue weighted by Crippen LogP contribution is -2.33. The third-order valence-electron chi connectivity index (χ3n) is 6.15. The van der Waals surface area contributed by atoms with Crippen LogP contribution in [0.2, 0.25) is 5.02 Å². The number of likely N-dealkylation sites (tertiary alicyclic amines) is 1. The Kier molecular flexibility index (Phi) is 8.16. The SMILES string of the molecule is CCN(CC)CCCN1C(=O)C(=O)/C(=C(/O)c2ccc(Cl)cc2)C1c1ccc(N(C)C)cc1. The van der Waals surface area contributed by atoms with E-state index >= 15 is 0 Å². The van der Waals surface area contributed by atoms with Crippen LogP contribution in [0.4, 0.5) is 5.69 Å². The number of hydrogen-bond donors (Lipinski definition) is 1. The highest BCUT2D eigenvalue weighted by atomic mass is 35.5. The number of ketones is 1. The van der Waals surface area contributed by atoms with Crippen molar-refractivity contribution in [3.8, 4) is 0 Å². The molecule has 1 amide bonds. The number of carbonyl (C=O) groups excluding carboxylic acids is 2. The predicted octanol–water partition coefficient (Wildman–Crippen LogP) is 4.56. The fourth-order valence-corrected chi connectivity index (χ4v) is 4.31. The standard InChI is InChI=1S/C26H32ClN3O3/c1-5-29(6-2)16-7-17-30-23(18-10-14-21(15-11-18)28(3)4)22(25(32)26(30)33)24(31)19-8-12-20(27)13-9-19/h8-15,23,31H,5-7,16-17H2,1-4H3/b24-22+. The van der Waals surface area contributed by atoms with Crippen molar-refractivity contribution in [2.24, 2.45) is 0 Å². The van der Waals surface area contributed by atoms with Gasteiger partial charge < -0.3 is 19.8 Å². The number of amides is 1. The predicted molar refractivity (Wildman–Crippen MR) is 134 cm³/mol. The molecular formula is C26H32ClN3O3. The van der Waals surface area contributed by atoms with E-state index in [1.165, 1.54) is 0 Å². The summed E-state index contributed by atoms with van der Waals surface area (Å²) in [6, 6.07) is 13.7. The van der Waals surface area contributed by atoms with E-state index in [9.17, 15) is 14.7 Å². The Bertz CT molecular complexity index is 1010. The van der Waals surface area contributed by atoms with Crippen LogP contribution in [0.5, 0.6) is 0 Å². The maximum Gasteiger partial charge on any atom is 0.295 e. The molecule has 1 N–H and O–H groups in total. The van der Waals surface area contributed by atoms with Gasteiger partial charge in [0.1, 0.15) is 5.76 Å². The Balaban J connectivity index is 2.03. The fraction of sp³-hybridized carbons (Fsp3) is 0.385. The molecule has 0 spiro atoms. The van der Waals surface area contributed by atoms with Gasteiger partial charge in [-0.15, -0.1) is 0 Å². The third kappa shape index (κ3) is 5.40. The molecule has 2 aromatic rings. The van der Waals surface area contributed by atoms with E-state index in [0.717, 1.165) is 37.3 Å². The number of carbonyl (C=O) groups is 2. The molecule has 7 heteroatoms. The molecule has 0 aromatic heterocycles. The van der Waals surface area contributed by atoms with Gasteiger partial charge in [0.25, 0.3) is 11.7 Å². The number of Topliss-reactive ketones (excluding diaryl/α,β-unsaturated/α-hetero) is 1. The highest BCUT2D eigenvalue weighted by Gasteiger charge is 2.45. The molecule has 1 aliphatic rings. The van der Waals surface area contributed by atoms with Gasteiger partial charge in [0, 0.05) is 36.9 Å². The Morgan fingerprint density at radius 1 is 1.00 bits per heavy atom. The van der Waals surface area contributed by atoms with E-state index in [2.05, 4.69) is 18.7 Å². The van der Waals surface area contributed by atoms with Crippen molar-refractivity contribution in [1.82, 2.24) is 9.80 Å². The average Bonchev–Trinajstić information content (AvgIpc) is 3.07. The van der Waals surface area contributed by atoms with Crippen LogP contribution in [0.3, 0.4) is 0 Å². The quantitative estimate of drug-likeness (QED) is 0.331. The zero-order valence-corrected chi connectivity index (χ0v) is 20.5. The molecular weight excluding hydrogens is 438 g/mol. The molecule has 2 aromatic carbocycles. The first-order valence-corrected chi connectivity index (χ1v) is 11.7. The maximum atomic E-state index is 13.1. The summed E-state index contributed by atoms with van der Waals surface area (Å²) < 4.78 is 0. The number of anilines is 1. The van der Waals surface area contributed by atoms with Gasteiger partial charge >= 0.3 is 0 Å². The zero-order valence-electron chi connectivity index (χ0n) is 19.7. The molecule has 176 valence electrons. The second-order valence-electron chi connectivity index (χ2n) is 8.37. The van der Waals surface area contributed by atoms with Gasteiger partial charge in [-0.1, -0.05) is 37.6 Å². The molecule has 1 aliphatic heterocycles. The molecule has 1 saturated heterocycles. The Labute approximate surface area is 201 Å². The molecule has 1 heterocycles. The van der Waals surface area contributed by atoms with E-state index in [0.29, 0.717) is 17.1 Å². The van der Waals surface area contributed by atoms with Crippen LogP contribution in [0.25, 0.3) is 5.76 Å². The van der Waals surface area contributed by atoms with Crippen LogP contribution < -0.4 is 4.90 Å². The van der Waals surface area contributed by atoms with Gasteiger partial charge in [-0.25, -0.2) is 0 Å². The molecule has 33 heavy (non-hydrogen) atoms. The van der Waals surface area contributed by atoms with Crippen molar-refractivity contribution in [3.05, 3.63) is 70.3 Å². The molecule has 1 fully saturated rings. The number of nitrogens with zero attached hydrogens (tertiary/aromatic N) is 3. The average molecular weight is 470 g/mol. The topological polar surface area (TPSA) is 64.1 Å². The monoisotopic (exact) mass is 469 g/mol. The highest BCUT2D eigenvalue weighted by Crippen LogP contribution is 2.40. The van der Waals surface area contributed by atoms with Crippen molar-refractivity contribution in [3.63, 3.8) is 0 Å². The zero-order chi connectivity index (χ0) is 24.1. The minimum Gasteiger partial charge on any atom is -0.507 e. The summed E-state index contributed by atoms with van der Waals surface area (Å²) >= 11 is 5.99. The van der Waals surface area contributed by atoms with Gasteiger partial charge in [-0.3, -0.25) is 9.59 Å². The van der Waals surface area contributed by atoms with Crippen LogP contribution in [0.15, 0.2) is 54.1 Å². The minimum absolute atomic E-state index is 0.114.